The number of thioether (sulfide) groups is 2. The van der Waals surface area contributed by atoms with Crippen molar-refractivity contribution in [2.24, 2.45) is 4.99 Å². The van der Waals surface area contributed by atoms with Gasteiger partial charge in [-0.2, -0.15) is 4.68 Å². The Bertz CT molecular complexity index is 1170. The van der Waals surface area contributed by atoms with Crippen LogP contribution in [-0.4, -0.2) is 50.1 Å². The molecule has 0 aliphatic carbocycles. The van der Waals surface area contributed by atoms with Crippen LogP contribution < -0.4 is 10.2 Å². The largest absolute Gasteiger partial charge is 0.325 e. The Morgan fingerprint density at radius 3 is 2.97 bits per heavy atom. The summed E-state index contributed by atoms with van der Waals surface area (Å²) >= 11 is 2.99. The highest BCUT2D eigenvalue weighted by molar-refractivity contribution is 8.14. The summed E-state index contributed by atoms with van der Waals surface area (Å²) in [4.78, 5) is 20.4. The van der Waals surface area contributed by atoms with E-state index in [9.17, 15) is 4.79 Å². The summed E-state index contributed by atoms with van der Waals surface area (Å²) in [6, 6.07) is 12.1. The standard InChI is InChI=1S/C20H19N7OS2/c1-12-3-5-15(13(2)9-12)27-20(23-24-25-27)29-11-18(28)22-14-4-6-17-16(10-14)26-8-7-21-19(26)30-17/h3-6,9-10H,7-8,11H2,1-2H3,(H,22,28). The number of rotatable bonds is 5. The molecule has 2 aliphatic rings. The topological polar surface area (TPSA) is 88.3 Å². The number of amides is 1. The van der Waals surface area contributed by atoms with Crippen LogP contribution in [0.15, 0.2) is 51.4 Å². The highest BCUT2D eigenvalue weighted by atomic mass is 32.2. The van der Waals surface area contributed by atoms with E-state index in [1.54, 1.807) is 16.4 Å². The number of hydrogen-bond donors (Lipinski definition) is 1. The molecule has 30 heavy (non-hydrogen) atoms. The monoisotopic (exact) mass is 437 g/mol. The normalized spacial score (nSPS) is 14.5. The SMILES string of the molecule is Cc1ccc(-n2nnnc2SCC(=O)Nc2ccc3c(c2)N2CCN=C2S3)c(C)c1. The van der Waals surface area contributed by atoms with Gasteiger partial charge in [0.05, 0.1) is 23.7 Å². The van der Waals surface area contributed by atoms with Crippen molar-refractivity contribution < 1.29 is 4.79 Å². The number of aromatic nitrogens is 4. The van der Waals surface area contributed by atoms with E-state index in [-0.39, 0.29) is 11.7 Å². The van der Waals surface area contributed by atoms with Crippen molar-refractivity contribution >= 4 is 46.0 Å². The van der Waals surface area contributed by atoms with Crippen LogP contribution in [0, 0.1) is 13.8 Å². The summed E-state index contributed by atoms with van der Waals surface area (Å²) in [5, 5.41) is 16.6. The van der Waals surface area contributed by atoms with E-state index in [2.05, 4.69) is 36.8 Å². The lowest BCUT2D eigenvalue weighted by molar-refractivity contribution is -0.113. The lowest BCUT2D eigenvalue weighted by Gasteiger charge is -2.13. The number of fused-ring (bicyclic) bond motifs is 3. The third-order valence-corrected chi connectivity index (χ3v) is 6.91. The number of hydrogen-bond acceptors (Lipinski definition) is 8. The molecule has 1 N–H and O–H groups in total. The molecule has 0 unspecified atom stereocenters. The van der Waals surface area contributed by atoms with Gasteiger partial charge in [-0.3, -0.25) is 9.79 Å². The minimum atomic E-state index is -0.101. The number of amidine groups is 1. The number of nitrogens with zero attached hydrogens (tertiary/aromatic N) is 6. The Balaban J connectivity index is 1.26. The van der Waals surface area contributed by atoms with Crippen molar-refractivity contribution in [3.8, 4) is 5.69 Å². The van der Waals surface area contributed by atoms with Crippen molar-refractivity contribution in [3.63, 3.8) is 0 Å². The van der Waals surface area contributed by atoms with Crippen LogP contribution in [-0.2, 0) is 4.79 Å². The van der Waals surface area contributed by atoms with E-state index < -0.39 is 0 Å². The number of anilines is 2. The van der Waals surface area contributed by atoms with Crippen molar-refractivity contribution in [1.29, 1.82) is 0 Å². The lowest BCUT2D eigenvalue weighted by Crippen LogP contribution is -2.21. The van der Waals surface area contributed by atoms with Gasteiger partial charge in [0.25, 0.3) is 0 Å². The van der Waals surface area contributed by atoms with E-state index >= 15 is 0 Å². The first-order chi connectivity index (χ1) is 14.6. The van der Waals surface area contributed by atoms with Gasteiger partial charge < -0.3 is 10.2 Å². The maximum Gasteiger partial charge on any atom is 0.234 e. The van der Waals surface area contributed by atoms with Crippen LogP contribution in [0.1, 0.15) is 11.1 Å². The van der Waals surface area contributed by atoms with Gasteiger partial charge in [0, 0.05) is 17.1 Å². The number of carbonyl (C=O) groups excluding carboxylic acids is 1. The molecule has 5 rings (SSSR count). The van der Waals surface area contributed by atoms with E-state index in [1.165, 1.54) is 22.2 Å². The van der Waals surface area contributed by atoms with Crippen LogP contribution >= 0.6 is 23.5 Å². The van der Waals surface area contributed by atoms with Gasteiger partial charge in [-0.25, -0.2) is 0 Å². The number of aryl methyl sites for hydroxylation is 2. The molecule has 0 saturated carbocycles. The van der Waals surface area contributed by atoms with Crippen molar-refractivity contribution in [2.75, 3.05) is 29.1 Å². The van der Waals surface area contributed by atoms with E-state index in [4.69, 9.17) is 0 Å². The molecule has 1 amide bonds. The molecule has 3 aromatic rings. The number of carbonyl (C=O) groups is 1. The molecule has 0 radical (unpaired) electrons. The predicted molar refractivity (Wildman–Crippen MR) is 120 cm³/mol. The van der Waals surface area contributed by atoms with Gasteiger partial charge in [0.1, 0.15) is 0 Å². The van der Waals surface area contributed by atoms with Gasteiger partial charge in [0.2, 0.25) is 11.1 Å². The first-order valence-electron chi connectivity index (χ1n) is 9.51. The zero-order valence-corrected chi connectivity index (χ0v) is 18.1. The Morgan fingerprint density at radius 2 is 2.10 bits per heavy atom. The molecule has 0 saturated heterocycles. The number of aliphatic imine (C=N–C) groups is 1. The van der Waals surface area contributed by atoms with Crippen LogP contribution in [0.4, 0.5) is 11.4 Å². The maximum atomic E-state index is 12.5. The van der Waals surface area contributed by atoms with Gasteiger partial charge in [-0.05, 0) is 65.9 Å². The molecule has 0 atom stereocenters. The first kappa shape index (κ1) is 19.1. The zero-order chi connectivity index (χ0) is 20.7. The second kappa shape index (κ2) is 7.77. The summed E-state index contributed by atoms with van der Waals surface area (Å²) in [7, 11) is 0. The summed E-state index contributed by atoms with van der Waals surface area (Å²) in [6.45, 7) is 5.78. The van der Waals surface area contributed by atoms with Crippen molar-refractivity contribution in [1.82, 2.24) is 20.2 Å². The van der Waals surface area contributed by atoms with Crippen LogP contribution in [0.2, 0.25) is 0 Å². The highest BCUT2D eigenvalue weighted by Crippen LogP contribution is 2.43. The molecule has 0 spiro atoms. The van der Waals surface area contributed by atoms with Crippen LogP contribution in [0.25, 0.3) is 5.69 Å². The van der Waals surface area contributed by atoms with Crippen LogP contribution in [0.5, 0.6) is 0 Å². The summed E-state index contributed by atoms with van der Waals surface area (Å²) in [6.07, 6.45) is 0. The maximum absolute atomic E-state index is 12.5. The fourth-order valence-corrected chi connectivity index (χ4v) is 5.26. The molecule has 1 aromatic heterocycles. The van der Waals surface area contributed by atoms with E-state index in [0.29, 0.717) is 5.16 Å². The summed E-state index contributed by atoms with van der Waals surface area (Å²) in [5.74, 6) is 0.115. The molecule has 0 fully saturated rings. The fourth-order valence-electron chi connectivity index (χ4n) is 3.52. The van der Waals surface area contributed by atoms with Gasteiger partial charge in [-0.1, -0.05) is 29.5 Å². The number of tetrazole rings is 1. The van der Waals surface area contributed by atoms with Crippen molar-refractivity contribution in [2.45, 2.75) is 23.9 Å². The van der Waals surface area contributed by atoms with E-state index in [0.717, 1.165) is 40.9 Å². The number of nitrogens with one attached hydrogen (secondary N) is 1. The molecule has 2 aromatic carbocycles. The Hall–Kier alpha value is -2.85. The third-order valence-electron chi connectivity index (χ3n) is 4.89. The van der Waals surface area contributed by atoms with Gasteiger partial charge in [0.15, 0.2) is 5.17 Å². The highest BCUT2D eigenvalue weighted by Gasteiger charge is 2.29. The average molecular weight is 438 g/mol. The van der Waals surface area contributed by atoms with Crippen molar-refractivity contribution in [3.05, 3.63) is 47.5 Å². The average Bonchev–Trinajstić information content (AvgIpc) is 3.42. The molecule has 8 nitrogen and oxygen atoms in total. The molecule has 2 aliphatic heterocycles. The Labute approximate surface area is 182 Å². The third kappa shape index (κ3) is 3.56. The quantitative estimate of drug-likeness (QED) is 0.613. The molecule has 152 valence electrons. The molecular weight excluding hydrogens is 418 g/mol. The molecule has 0 bridgehead atoms. The molecule has 10 heteroatoms. The fraction of sp³-hybridized carbons (Fsp3) is 0.250. The van der Waals surface area contributed by atoms with Gasteiger partial charge >= 0.3 is 0 Å². The Morgan fingerprint density at radius 1 is 1.20 bits per heavy atom. The van der Waals surface area contributed by atoms with E-state index in [1.807, 2.05) is 44.2 Å². The van der Waals surface area contributed by atoms with Gasteiger partial charge in [-0.15, -0.1) is 5.10 Å². The Kier molecular flexibility index (Phi) is 4.95. The molecular formula is C20H19N7OS2. The predicted octanol–water partition coefficient (Wildman–Crippen LogP) is 3.29. The summed E-state index contributed by atoms with van der Waals surface area (Å²) < 4.78 is 1.67. The first-order valence-corrected chi connectivity index (χ1v) is 11.3. The second-order valence-electron chi connectivity index (χ2n) is 7.10. The molecule has 3 heterocycles. The minimum Gasteiger partial charge on any atom is -0.325 e. The smallest absolute Gasteiger partial charge is 0.234 e. The number of benzene rings is 2. The van der Waals surface area contributed by atoms with Crippen LogP contribution in [0.3, 0.4) is 0 Å². The minimum absolute atomic E-state index is 0.101. The lowest BCUT2D eigenvalue weighted by atomic mass is 10.1. The zero-order valence-electron chi connectivity index (χ0n) is 16.5. The second-order valence-corrected chi connectivity index (χ2v) is 9.05. The summed E-state index contributed by atoms with van der Waals surface area (Å²) in [5.41, 5.74) is 5.06.